The third-order valence-electron chi connectivity index (χ3n) is 4.66. The summed E-state index contributed by atoms with van der Waals surface area (Å²) in [6.45, 7) is 0.391. The quantitative estimate of drug-likeness (QED) is 0.345. The van der Waals surface area contributed by atoms with Crippen molar-refractivity contribution in [1.82, 2.24) is 9.97 Å². The molecule has 0 radical (unpaired) electrons. The number of aliphatic hydroxyl groups is 1. The second-order valence-corrected chi connectivity index (χ2v) is 7.66. The molecule has 0 aliphatic carbocycles. The number of anilines is 1. The van der Waals surface area contributed by atoms with Crippen molar-refractivity contribution in [3.05, 3.63) is 71.9 Å². The van der Waals surface area contributed by atoms with E-state index in [9.17, 15) is 35.8 Å². The summed E-state index contributed by atoms with van der Waals surface area (Å²) in [6, 6.07) is 12.7. The Kier molecular flexibility index (Phi) is 8.23. The van der Waals surface area contributed by atoms with Gasteiger partial charge in [-0.15, -0.1) is 0 Å². The lowest BCUT2D eigenvalue weighted by Crippen LogP contribution is -2.41. The van der Waals surface area contributed by atoms with E-state index in [1.807, 2.05) is 13.0 Å². The van der Waals surface area contributed by atoms with Crippen molar-refractivity contribution in [2.45, 2.75) is 38.3 Å². The largest absolute Gasteiger partial charge is 0.461 e. The van der Waals surface area contributed by atoms with Crippen molar-refractivity contribution in [2.75, 3.05) is 11.4 Å². The Morgan fingerprint density at radius 2 is 1.67 bits per heavy atom. The van der Waals surface area contributed by atoms with Crippen molar-refractivity contribution in [3.63, 3.8) is 0 Å². The van der Waals surface area contributed by atoms with Crippen LogP contribution in [0.15, 0.2) is 60.8 Å². The molecule has 13 heteroatoms. The predicted octanol–water partition coefficient (Wildman–Crippen LogP) is 5.74. The summed E-state index contributed by atoms with van der Waals surface area (Å²) in [5.74, 6) is -0.503. The fraction of sp³-hybridized carbons (Fsp3) is 0.304. The van der Waals surface area contributed by atoms with Gasteiger partial charge in [0, 0.05) is 18.8 Å². The van der Waals surface area contributed by atoms with Gasteiger partial charge in [0.15, 0.2) is 6.10 Å². The minimum atomic E-state index is -4.97. The molecule has 0 aliphatic rings. The molecule has 1 heterocycles. The molecule has 0 saturated heterocycles. The minimum absolute atomic E-state index is 0.00856. The number of hydrogen-bond acceptors (Lipinski definition) is 6. The normalized spacial score (nSPS) is 12.9. The highest BCUT2D eigenvalue weighted by molar-refractivity contribution is 5.38. The third kappa shape index (κ3) is 7.44. The van der Waals surface area contributed by atoms with Gasteiger partial charge in [0.25, 0.3) is 0 Å². The Labute approximate surface area is 200 Å². The lowest BCUT2D eigenvalue weighted by Gasteiger charge is -2.27. The first-order valence-electron chi connectivity index (χ1n) is 10.3. The van der Waals surface area contributed by atoms with Gasteiger partial charge in [0.1, 0.15) is 11.5 Å². The van der Waals surface area contributed by atoms with Gasteiger partial charge in [0.2, 0.25) is 11.8 Å². The number of aryl methyl sites for hydroxylation is 1. The van der Waals surface area contributed by atoms with Crippen LogP contribution in [0.5, 0.6) is 17.4 Å². The van der Waals surface area contributed by atoms with Gasteiger partial charge in [-0.1, -0.05) is 24.3 Å². The number of ether oxygens (including phenoxy) is 2. The van der Waals surface area contributed by atoms with E-state index in [4.69, 9.17) is 4.74 Å². The topological polar surface area (TPSA) is 67.7 Å². The molecule has 0 amide bonds. The molecule has 2 aromatic carbocycles. The summed E-state index contributed by atoms with van der Waals surface area (Å²) in [6.07, 6.45) is -15.4. The first kappa shape index (κ1) is 27.0. The third-order valence-corrected chi connectivity index (χ3v) is 4.66. The Balaban J connectivity index is 1.88. The van der Waals surface area contributed by atoms with E-state index >= 15 is 0 Å². The fourth-order valence-corrected chi connectivity index (χ4v) is 3.00. The SMILES string of the molecule is Cc1cccc(Oc2ccnc(N(Cc3cccc(OC(F)(F)C(F)F)c3)CC(O)C(F)(F)F)n2)c1. The maximum Gasteiger partial charge on any atom is 0.461 e. The molecule has 1 aromatic heterocycles. The molecule has 36 heavy (non-hydrogen) atoms. The maximum absolute atomic E-state index is 13.3. The average molecular weight is 519 g/mol. The van der Waals surface area contributed by atoms with Crippen LogP contribution in [0.2, 0.25) is 0 Å². The number of aliphatic hydroxyl groups excluding tert-OH is 1. The van der Waals surface area contributed by atoms with Crippen LogP contribution < -0.4 is 14.4 Å². The van der Waals surface area contributed by atoms with Crippen LogP contribution in [0.4, 0.5) is 36.7 Å². The number of nitrogens with zero attached hydrogens (tertiary/aromatic N) is 3. The second kappa shape index (κ2) is 11.0. The van der Waals surface area contributed by atoms with Crippen molar-refractivity contribution in [3.8, 4) is 17.4 Å². The van der Waals surface area contributed by atoms with E-state index in [1.165, 1.54) is 24.4 Å². The van der Waals surface area contributed by atoms with Crippen LogP contribution in [0.25, 0.3) is 0 Å². The number of aromatic nitrogens is 2. The number of hydrogen-bond donors (Lipinski definition) is 1. The van der Waals surface area contributed by atoms with Crippen LogP contribution in [0.1, 0.15) is 11.1 Å². The molecule has 194 valence electrons. The van der Waals surface area contributed by atoms with Crippen LogP contribution in [0.3, 0.4) is 0 Å². The lowest BCUT2D eigenvalue weighted by atomic mass is 10.2. The van der Waals surface area contributed by atoms with Gasteiger partial charge < -0.3 is 19.5 Å². The highest BCUT2D eigenvalue weighted by Crippen LogP contribution is 2.29. The molecule has 3 aromatic rings. The van der Waals surface area contributed by atoms with Crippen molar-refractivity contribution < 1.29 is 45.3 Å². The summed E-state index contributed by atoms with van der Waals surface area (Å²) >= 11 is 0. The predicted molar refractivity (Wildman–Crippen MR) is 114 cm³/mol. The zero-order valence-corrected chi connectivity index (χ0v) is 18.6. The van der Waals surface area contributed by atoms with E-state index in [0.29, 0.717) is 5.75 Å². The first-order valence-corrected chi connectivity index (χ1v) is 10.3. The van der Waals surface area contributed by atoms with Crippen molar-refractivity contribution in [1.29, 1.82) is 0 Å². The monoisotopic (exact) mass is 519 g/mol. The van der Waals surface area contributed by atoms with Crippen LogP contribution in [-0.4, -0.2) is 46.4 Å². The second-order valence-electron chi connectivity index (χ2n) is 7.66. The van der Waals surface area contributed by atoms with Gasteiger partial charge >= 0.3 is 18.7 Å². The maximum atomic E-state index is 13.3. The summed E-state index contributed by atoms with van der Waals surface area (Å²) in [7, 11) is 0. The molecule has 6 nitrogen and oxygen atoms in total. The highest BCUT2D eigenvalue weighted by atomic mass is 19.4. The fourth-order valence-electron chi connectivity index (χ4n) is 3.00. The van der Waals surface area contributed by atoms with Crippen LogP contribution >= 0.6 is 0 Å². The molecule has 0 fully saturated rings. The molecule has 1 N–H and O–H groups in total. The Morgan fingerprint density at radius 3 is 2.33 bits per heavy atom. The zero-order chi connectivity index (χ0) is 26.5. The Morgan fingerprint density at radius 1 is 0.972 bits per heavy atom. The summed E-state index contributed by atoms with van der Waals surface area (Å²) in [5.41, 5.74) is 0.983. The summed E-state index contributed by atoms with van der Waals surface area (Å²) < 4.78 is 100. The summed E-state index contributed by atoms with van der Waals surface area (Å²) in [5, 5.41) is 9.64. The molecule has 1 unspecified atom stereocenters. The molecule has 0 spiro atoms. The van der Waals surface area contributed by atoms with Gasteiger partial charge in [-0.3, -0.25) is 0 Å². The average Bonchev–Trinajstić information content (AvgIpc) is 2.78. The van der Waals surface area contributed by atoms with E-state index in [2.05, 4.69) is 14.7 Å². The Hall–Kier alpha value is -3.61. The smallest absolute Gasteiger partial charge is 0.439 e. The highest BCUT2D eigenvalue weighted by Gasteiger charge is 2.44. The molecule has 1 atom stereocenters. The number of benzene rings is 2. The Bertz CT molecular complexity index is 1160. The number of rotatable bonds is 10. The molecule has 0 bridgehead atoms. The van der Waals surface area contributed by atoms with Crippen molar-refractivity contribution >= 4 is 5.95 Å². The molecule has 0 aliphatic heterocycles. The van der Waals surface area contributed by atoms with Gasteiger partial charge in [-0.05, 0) is 42.3 Å². The van der Waals surface area contributed by atoms with E-state index in [-0.39, 0.29) is 17.4 Å². The number of halogens is 7. The van der Waals surface area contributed by atoms with Gasteiger partial charge in [-0.25, -0.2) is 4.98 Å². The van der Waals surface area contributed by atoms with E-state index < -0.39 is 43.7 Å². The van der Waals surface area contributed by atoms with E-state index in [0.717, 1.165) is 22.6 Å². The molecule has 0 saturated carbocycles. The lowest BCUT2D eigenvalue weighted by molar-refractivity contribution is -0.253. The van der Waals surface area contributed by atoms with Crippen LogP contribution in [-0.2, 0) is 6.54 Å². The van der Waals surface area contributed by atoms with Crippen molar-refractivity contribution in [2.24, 2.45) is 0 Å². The molecular weight excluding hydrogens is 499 g/mol. The van der Waals surface area contributed by atoms with Gasteiger partial charge in [-0.2, -0.15) is 35.7 Å². The minimum Gasteiger partial charge on any atom is -0.439 e. The zero-order valence-electron chi connectivity index (χ0n) is 18.6. The standard InChI is InChI=1S/C23H20F7N3O3/c1-14-4-2-6-16(10-14)35-19-8-9-31-21(32-19)33(13-18(34)22(26,27)28)12-15-5-3-7-17(11-15)36-23(29,30)20(24)25/h2-11,18,20,34H,12-13H2,1H3. The summed E-state index contributed by atoms with van der Waals surface area (Å²) in [4.78, 5) is 8.98. The van der Waals surface area contributed by atoms with E-state index in [1.54, 1.807) is 18.2 Å². The number of alkyl halides is 7. The van der Waals surface area contributed by atoms with Gasteiger partial charge in [0.05, 0.1) is 6.54 Å². The first-order chi connectivity index (χ1) is 16.8. The molecular formula is C23H20F7N3O3. The van der Waals surface area contributed by atoms with Crippen LogP contribution in [0, 0.1) is 6.92 Å². The molecule has 3 rings (SSSR count).